The Labute approximate surface area is 106 Å². The van der Waals surface area contributed by atoms with Gasteiger partial charge >= 0.3 is 0 Å². The maximum atomic E-state index is 11.9. The minimum atomic E-state index is -0.366. The lowest BCUT2D eigenvalue weighted by molar-refractivity contribution is 0.102. The molecule has 0 fully saturated rings. The Hall–Kier alpha value is -1.88. The van der Waals surface area contributed by atoms with Crippen LogP contribution in [-0.2, 0) is 0 Å². The second-order valence-electron chi connectivity index (χ2n) is 3.33. The quantitative estimate of drug-likeness (QED) is 0.895. The van der Waals surface area contributed by atoms with Gasteiger partial charge in [-0.2, -0.15) is 0 Å². The van der Waals surface area contributed by atoms with Gasteiger partial charge in [-0.05, 0) is 34.1 Å². The van der Waals surface area contributed by atoms with Crippen molar-refractivity contribution >= 4 is 27.5 Å². The van der Waals surface area contributed by atoms with Gasteiger partial charge in [0.25, 0.3) is 5.91 Å². The Morgan fingerprint density at radius 3 is 2.76 bits per heavy atom. The molecule has 4 nitrogen and oxygen atoms in total. The minimum Gasteiger partial charge on any atom is -0.507 e. The Bertz CT molecular complexity index is 558. The molecular weight excluding hydrogens is 284 g/mol. The fraction of sp³-hybridized carbons (Fsp3) is 0. The highest BCUT2D eigenvalue weighted by atomic mass is 79.9. The summed E-state index contributed by atoms with van der Waals surface area (Å²) in [4.78, 5) is 15.8. The number of carbonyl (C=O) groups is 1. The van der Waals surface area contributed by atoms with Gasteiger partial charge in [-0.25, -0.2) is 0 Å². The zero-order chi connectivity index (χ0) is 12.3. The lowest BCUT2D eigenvalue weighted by Gasteiger charge is -2.07. The highest BCUT2D eigenvalue weighted by Crippen LogP contribution is 2.22. The van der Waals surface area contributed by atoms with Gasteiger partial charge in [-0.1, -0.05) is 12.1 Å². The van der Waals surface area contributed by atoms with E-state index >= 15 is 0 Å². The number of pyridine rings is 1. The number of anilines is 1. The Balaban J connectivity index is 2.24. The maximum Gasteiger partial charge on any atom is 0.259 e. The van der Waals surface area contributed by atoms with Crippen LogP contribution in [0.1, 0.15) is 10.4 Å². The molecule has 17 heavy (non-hydrogen) atoms. The lowest BCUT2D eigenvalue weighted by Crippen LogP contribution is -2.12. The van der Waals surface area contributed by atoms with E-state index in [4.69, 9.17) is 0 Å². The summed E-state index contributed by atoms with van der Waals surface area (Å²) in [6.07, 6.45) is 3.16. The van der Waals surface area contributed by atoms with Crippen molar-refractivity contribution in [3.63, 3.8) is 0 Å². The second kappa shape index (κ2) is 4.97. The predicted octanol–water partition coefficient (Wildman–Crippen LogP) is 2.80. The topological polar surface area (TPSA) is 62.2 Å². The highest BCUT2D eigenvalue weighted by Gasteiger charge is 2.11. The average molecular weight is 293 g/mol. The molecule has 1 heterocycles. The van der Waals surface area contributed by atoms with Crippen LogP contribution in [0.2, 0.25) is 0 Å². The highest BCUT2D eigenvalue weighted by molar-refractivity contribution is 9.10. The molecule has 5 heteroatoms. The molecule has 1 aromatic heterocycles. The molecule has 2 aromatic rings. The SMILES string of the molecule is O=C(Nc1ccncc1Br)c1ccccc1O. The molecule has 1 amide bonds. The number of hydrogen-bond donors (Lipinski definition) is 2. The molecule has 0 bridgehead atoms. The molecule has 0 aliphatic carbocycles. The van der Waals surface area contributed by atoms with Gasteiger partial charge in [0.2, 0.25) is 0 Å². The fourth-order valence-corrected chi connectivity index (χ4v) is 1.68. The van der Waals surface area contributed by atoms with E-state index in [-0.39, 0.29) is 17.2 Å². The third-order valence-electron chi connectivity index (χ3n) is 2.17. The smallest absolute Gasteiger partial charge is 0.259 e. The van der Waals surface area contributed by atoms with E-state index in [2.05, 4.69) is 26.2 Å². The van der Waals surface area contributed by atoms with Gasteiger partial charge in [0.05, 0.1) is 15.7 Å². The number of nitrogens with one attached hydrogen (secondary N) is 1. The van der Waals surface area contributed by atoms with Crippen molar-refractivity contribution in [1.29, 1.82) is 0 Å². The van der Waals surface area contributed by atoms with Gasteiger partial charge in [-0.3, -0.25) is 9.78 Å². The zero-order valence-electron chi connectivity index (χ0n) is 8.72. The van der Waals surface area contributed by atoms with Crippen molar-refractivity contribution in [2.45, 2.75) is 0 Å². The summed E-state index contributed by atoms with van der Waals surface area (Å²) < 4.78 is 0.684. The summed E-state index contributed by atoms with van der Waals surface area (Å²) >= 11 is 3.28. The van der Waals surface area contributed by atoms with E-state index < -0.39 is 0 Å². The van der Waals surface area contributed by atoms with Crippen molar-refractivity contribution in [2.24, 2.45) is 0 Å². The number of halogens is 1. The number of hydrogen-bond acceptors (Lipinski definition) is 3. The number of phenolic OH excluding ortho intramolecular Hbond substituents is 1. The van der Waals surface area contributed by atoms with Crippen molar-refractivity contribution in [3.05, 3.63) is 52.8 Å². The van der Waals surface area contributed by atoms with Crippen LogP contribution in [0.25, 0.3) is 0 Å². The molecule has 0 aliphatic rings. The summed E-state index contributed by atoms with van der Waals surface area (Å²) in [6.45, 7) is 0. The summed E-state index contributed by atoms with van der Waals surface area (Å²) in [6, 6.07) is 8.04. The van der Waals surface area contributed by atoms with E-state index in [1.807, 2.05) is 0 Å². The largest absolute Gasteiger partial charge is 0.507 e. The van der Waals surface area contributed by atoms with Gasteiger partial charge in [0.15, 0.2) is 0 Å². The third kappa shape index (κ3) is 2.62. The molecule has 0 saturated heterocycles. The number of benzene rings is 1. The van der Waals surface area contributed by atoms with E-state index in [9.17, 15) is 9.90 Å². The number of rotatable bonds is 2. The van der Waals surface area contributed by atoms with Crippen LogP contribution in [0, 0.1) is 0 Å². The van der Waals surface area contributed by atoms with E-state index in [0.717, 1.165) is 0 Å². The van der Waals surface area contributed by atoms with Crippen LogP contribution in [0.5, 0.6) is 5.75 Å². The lowest BCUT2D eigenvalue weighted by atomic mass is 10.2. The zero-order valence-corrected chi connectivity index (χ0v) is 10.3. The number of amides is 1. The minimum absolute atomic E-state index is 0.0461. The molecular formula is C12H9BrN2O2. The third-order valence-corrected chi connectivity index (χ3v) is 2.80. The summed E-state index contributed by atoms with van der Waals surface area (Å²) in [5.41, 5.74) is 0.837. The Morgan fingerprint density at radius 1 is 1.29 bits per heavy atom. The molecule has 0 unspecified atom stereocenters. The van der Waals surface area contributed by atoms with E-state index in [1.165, 1.54) is 6.07 Å². The molecule has 2 rings (SSSR count). The number of aromatic nitrogens is 1. The van der Waals surface area contributed by atoms with Crippen molar-refractivity contribution in [2.75, 3.05) is 5.32 Å². The molecule has 1 aromatic carbocycles. The normalized spacial score (nSPS) is 9.94. The number of para-hydroxylation sites is 1. The molecule has 86 valence electrons. The molecule has 0 radical (unpaired) electrons. The van der Waals surface area contributed by atoms with Crippen molar-refractivity contribution < 1.29 is 9.90 Å². The fourth-order valence-electron chi connectivity index (χ4n) is 1.33. The van der Waals surface area contributed by atoms with Crippen LogP contribution < -0.4 is 5.32 Å². The van der Waals surface area contributed by atoms with Crippen LogP contribution in [0.15, 0.2) is 47.2 Å². The summed E-state index contributed by atoms with van der Waals surface area (Å²) in [5, 5.41) is 12.2. The van der Waals surface area contributed by atoms with Gasteiger partial charge in [-0.15, -0.1) is 0 Å². The number of aromatic hydroxyl groups is 1. The molecule has 2 N–H and O–H groups in total. The van der Waals surface area contributed by atoms with Gasteiger partial charge < -0.3 is 10.4 Å². The first-order valence-electron chi connectivity index (χ1n) is 4.87. The van der Waals surface area contributed by atoms with Crippen LogP contribution in [0.3, 0.4) is 0 Å². The second-order valence-corrected chi connectivity index (χ2v) is 4.18. The summed E-state index contributed by atoms with van der Waals surface area (Å²) in [7, 11) is 0. The van der Waals surface area contributed by atoms with Crippen LogP contribution >= 0.6 is 15.9 Å². The standard InChI is InChI=1S/C12H9BrN2O2/c13-9-7-14-6-5-10(9)15-12(17)8-3-1-2-4-11(8)16/h1-7,16H,(H,14,15,17). The summed E-state index contributed by atoms with van der Waals surface area (Å²) in [5.74, 6) is -0.412. The van der Waals surface area contributed by atoms with Crippen LogP contribution in [0.4, 0.5) is 5.69 Å². The maximum absolute atomic E-state index is 11.9. The molecule has 0 saturated carbocycles. The molecule has 0 atom stereocenters. The van der Waals surface area contributed by atoms with Crippen molar-refractivity contribution in [1.82, 2.24) is 4.98 Å². The Morgan fingerprint density at radius 2 is 2.06 bits per heavy atom. The number of nitrogens with zero attached hydrogens (tertiary/aromatic N) is 1. The first-order valence-corrected chi connectivity index (χ1v) is 5.66. The first kappa shape index (κ1) is 11.6. The van der Waals surface area contributed by atoms with Crippen LogP contribution in [-0.4, -0.2) is 16.0 Å². The van der Waals surface area contributed by atoms with Gasteiger partial charge in [0.1, 0.15) is 5.75 Å². The van der Waals surface area contributed by atoms with E-state index in [0.29, 0.717) is 10.2 Å². The molecule has 0 aliphatic heterocycles. The number of phenols is 1. The van der Waals surface area contributed by atoms with E-state index in [1.54, 1.807) is 36.7 Å². The average Bonchev–Trinajstić information content (AvgIpc) is 2.32. The molecule has 0 spiro atoms. The predicted molar refractivity (Wildman–Crippen MR) is 68.0 cm³/mol. The van der Waals surface area contributed by atoms with Gasteiger partial charge in [0, 0.05) is 12.4 Å². The number of carbonyl (C=O) groups excluding carboxylic acids is 1. The first-order chi connectivity index (χ1) is 8.18. The monoisotopic (exact) mass is 292 g/mol. The Kier molecular flexibility index (Phi) is 3.39. The van der Waals surface area contributed by atoms with Crippen molar-refractivity contribution in [3.8, 4) is 5.75 Å².